The molecule has 1 rings (SSSR count). The highest BCUT2D eigenvalue weighted by Gasteiger charge is 2.13. The second-order valence-electron chi connectivity index (χ2n) is 3.49. The number of anilines is 1. The zero-order chi connectivity index (χ0) is 12.1. The zero-order valence-corrected chi connectivity index (χ0v) is 9.45. The molecule has 0 unspecified atom stereocenters. The van der Waals surface area contributed by atoms with Crippen molar-refractivity contribution in [3.8, 4) is 5.75 Å². The lowest BCUT2D eigenvalue weighted by Crippen LogP contribution is -2.07. The number of carbonyl (C=O) groups excluding carboxylic acids is 1. The van der Waals surface area contributed by atoms with Crippen molar-refractivity contribution in [2.24, 2.45) is 0 Å². The Hall–Kier alpha value is -1.97. The minimum atomic E-state index is -0.469. The van der Waals surface area contributed by atoms with Crippen LogP contribution in [-0.4, -0.2) is 19.7 Å². The van der Waals surface area contributed by atoms with Crippen molar-refractivity contribution in [1.82, 2.24) is 0 Å². The van der Waals surface area contributed by atoms with Crippen molar-refractivity contribution in [1.29, 1.82) is 0 Å². The van der Waals surface area contributed by atoms with Crippen LogP contribution in [0.3, 0.4) is 0 Å². The number of hydrogen-bond acceptors (Lipinski definition) is 4. The van der Waals surface area contributed by atoms with Crippen LogP contribution in [0.15, 0.2) is 30.4 Å². The summed E-state index contributed by atoms with van der Waals surface area (Å²) in [4.78, 5) is 11.5. The van der Waals surface area contributed by atoms with Crippen molar-refractivity contribution < 1.29 is 14.3 Å². The minimum Gasteiger partial charge on any atom is -0.488 e. The van der Waals surface area contributed by atoms with E-state index in [4.69, 9.17) is 10.5 Å². The van der Waals surface area contributed by atoms with E-state index in [2.05, 4.69) is 11.3 Å². The number of hydrogen-bond donors (Lipinski definition) is 1. The molecule has 4 heteroatoms. The molecule has 0 aliphatic rings. The SMILES string of the molecule is C=C(C)COc1ccc(N)cc1C(=O)OC. The normalized spacial score (nSPS) is 9.62. The first kappa shape index (κ1) is 12.1. The maximum atomic E-state index is 11.5. The van der Waals surface area contributed by atoms with Gasteiger partial charge in [-0.25, -0.2) is 4.79 Å². The van der Waals surface area contributed by atoms with E-state index >= 15 is 0 Å². The van der Waals surface area contributed by atoms with E-state index in [1.165, 1.54) is 13.2 Å². The number of methoxy groups -OCH3 is 1. The van der Waals surface area contributed by atoms with E-state index in [0.29, 0.717) is 23.6 Å². The van der Waals surface area contributed by atoms with E-state index in [0.717, 1.165) is 5.57 Å². The Balaban J connectivity index is 2.98. The predicted molar refractivity (Wildman–Crippen MR) is 62.5 cm³/mol. The summed E-state index contributed by atoms with van der Waals surface area (Å²) in [6, 6.07) is 4.84. The van der Waals surface area contributed by atoms with Crippen molar-refractivity contribution in [2.75, 3.05) is 19.5 Å². The molecule has 4 nitrogen and oxygen atoms in total. The molecule has 0 aliphatic heterocycles. The molecule has 0 radical (unpaired) electrons. The van der Waals surface area contributed by atoms with Gasteiger partial charge in [-0.15, -0.1) is 0 Å². The van der Waals surface area contributed by atoms with Gasteiger partial charge in [0, 0.05) is 5.69 Å². The topological polar surface area (TPSA) is 61.5 Å². The van der Waals surface area contributed by atoms with E-state index < -0.39 is 5.97 Å². The van der Waals surface area contributed by atoms with Crippen molar-refractivity contribution in [2.45, 2.75) is 6.92 Å². The Bertz CT molecular complexity index is 413. The summed E-state index contributed by atoms with van der Waals surface area (Å²) in [5.41, 5.74) is 7.28. The first-order chi connectivity index (χ1) is 7.54. The molecular weight excluding hydrogens is 206 g/mol. The summed E-state index contributed by atoms with van der Waals surface area (Å²) >= 11 is 0. The summed E-state index contributed by atoms with van der Waals surface area (Å²) in [7, 11) is 1.31. The molecule has 0 amide bonds. The number of esters is 1. The van der Waals surface area contributed by atoms with Crippen LogP contribution in [0.5, 0.6) is 5.75 Å². The number of nitrogens with two attached hydrogens (primary N) is 1. The Labute approximate surface area is 94.7 Å². The zero-order valence-electron chi connectivity index (χ0n) is 9.45. The van der Waals surface area contributed by atoms with Crippen LogP contribution in [-0.2, 0) is 4.74 Å². The third kappa shape index (κ3) is 3.02. The van der Waals surface area contributed by atoms with E-state index in [1.54, 1.807) is 12.1 Å². The molecule has 0 atom stereocenters. The van der Waals surface area contributed by atoms with Gasteiger partial charge >= 0.3 is 5.97 Å². The van der Waals surface area contributed by atoms with E-state index in [9.17, 15) is 4.79 Å². The first-order valence-corrected chi connectivity index (χ1v) is 4.79. The third-order valence-electron chi connectivity index (χ3n) is 1.88. The van der Waals surface area contributed by atoms with Crippen LogP contribution in [0.2, 0.25) is 0 Å². The molecule has 2 N–H and O–H groups in total. The number of carbonyl (C=O) groups is 1. The van der Waals surface area contributed by atoms with Crippen LogP contribution >= 0.6 is 0 Å². The second kappa shape index (κ2) is 5.21. The molecule has 0 saturated heterocycles. The van der Waals surface area contributed by atoms with Crippen LogP contribution in [0, 0.1) is 0 Å². The Morgan fingerprint density at radius 2 is 2.19 bits per heavy atom. The molecule has 0 aliphatic carbocycles. The maximum absolute atomic E-state index is 11.5. The average Bonchev–Trinajstić information content (AvgIpc) is 2.26. The lowest BCUT2D eigenvalue weighted by Gasteiger charge is -2.10. The van der Waals surface area contributed by atoms with Gasteiger partial charge in [-0.3, -0.25) is 0 Å². The number of benzene rings is 1. The van der Waals surface area contributed by atoms with Gasteiger partial charge in [0.1, 0.15) is 17.9 Å². The number of rotatable bonds is 4. The van der Waals surface area contributed by atoms with Crippen LogP contribution < -0.4 is 10.5 Å². The molecule has 0 fully saturated rings. The lowest BCUT2D eigenvalue weighted by atomic mass is 10.2. The highest BCUT2D eigenvalue weighted by molar-refractivity contribution is 5.93. The molecular formula is C12H15NO3. The predicted octanol–water partition coefficient (Wildman–Crippen LogP) is 2.01. The Kier molecular flexibility index (Phi) is 3.94. The Morgan fingerprint density at radius 3 is 2.75 bits per heavy atom. The van der Waals surface area contributed by atoms with E-state index in [1.807, 2.05) is 6.92 Å². The molecule has 1 aromatic rings. The summed E-state index contributed by atoms with van der Waals surface area (Å²) in [5, 5.41) is 0. The first-order valence-electron chi connectivity index (χ1n) is 4.79. The summed E-state index contributed by atoms with van der Waals surface area (Å²) in [5.74, 6) is -0.0203. The summed E-state index contributed by atoms with van der Waals surface area (Å²) < 4.78 is 10.1. The van der Waals surface area contributed by atoms with Crippen molar-refractivity contribution in [3.63, 3.8) is 0 Å². The molecule has 0 saturated carbocycles. The average molecular weight is 221 g/mol. The highest BCUT2D eigenvalue weighted by atomic mass is 16.5. The smallest absolute Gasteiger partial charge is 0.341 e. The summed E-state index contributed by atoms with van der Waals surface area (Å²) in [6.45, 7) is 5.91. The quantitative estimate of drug-likeness (QED) is 0.480. The van der Waals surface area contributed by atoms with Gasteiger partial charge in [0.15, 0.2) is 0 Å². The minimum absolute atomic E-state index is 0.323. The molecule has 0 heterocycles. The van der Waals surface area contributed by atoms with Gasteiger partial charge in [-0.05, 0) is 30.7 Å². The van der Waals surface area contributed by atoms with Gasteiger partial charge in [0.25, 0.3) is 0 Å². The number of ether oxygens (including phenoxy) is 2. The Morgan fingerprint density at radius 1 is 1.50 bits per heavy atom. The molecule has 0 bridgehead atoms. The lowest BCUT2D eigenvalue weighted by molar-refractivity contribution is 0.0596. The van der Waals surface area contributed by atoms with Gasteiger partial charge in [-0.1, -0.05) is 6.58 Å². The number of nitrogen functional groups attached to an aromatic ring is 1. The van der Waals surface area contributed by atoms with Crippen molar-refractivity contribution in [3.05, 3.63) is 35.9 Å². The molecule has 0 aromatic heterocycles. The fourth-order valence-corrected chi connectivity index (χ4v) is 1.14. The third-order valence-corrected chi connectivity index (χ3v) is 1.88. The largest absolute Gasteiger partial charge is 0.488 e. The fraction of sp³-hybridized carbons (Fsp3) is 0.250. The monoisotopic (exact) mass is 221 g/mol. The second-order valence-corrected chi connectivity index (χ2v) is 3.49. The molecule has 0 spiro atoms. The standard InChI is InChI=1S/C12H15NO3/c1-8(2)7-16-11-5-4-9(13)6-10(11)12(14)15-3/h4-6H,1,7,13H2,2-3H3. The molecule has 1 aromatic carbocycles. The highest BCUT2D eigenvalue weighted by Crippen LogP contribution is 2.22. The van der Waals surface area contributed by atoms with Gasteiger partial charge < -0.3 is 15.2 Å². The fourth-order valence-electron chi connectivity index (χ4n) is 1.14. The van der Waals surface area contributed by atoms with Gasteiger partial charge in [0.05, 0.1) is 7.11 Å². The molecule has 16 heavy (non-hydrogen) atoms. The van der Waals surface area contributed by atoms with Crippen molar-refractivity contribution >= 4 is 11.7 Å². The van der Waals surface area contributed by atoms with E-state index in [-0.39, 0.29) is 0 Å². The van der Waals surface area contributed by atoms with Gasteiger partial charge in [-0.2, -0.15) is 0 Å². The maximum Gasteiger partial charge on any atom is 0.341 e. The van der Waals surface area contributed by atoms with Crippen LogP contribution in [0.4, 0.5) is 5.69 Å². The van der Waals surface area contributed by atoms with Gasteiger partial charge in [0.2, 0.25) is 0 Å². The molecule has 86 valence electrons. The van der Waals surface area contributed by atoms with Crippen LogP contribution in [0.1, 0.15) is 17.3 Å². The van der Waals surface area contributed by atoms with Crippen LogP contribution in [0.25, 0.3) is 0 Å². The summed E-state index contributed by atoms with van der Waals surface area (Å²) in [6.07, 6.45) is 0.